The number of rotatable bonds is 8. The molecule has 1 aliphatic rings. The number of ether oxygens (including phenoxy) is 1. The van der Waals surface area contributed by atoms with Gasteiger partial charge in [0.2, 0.25) is 0 Å². The van der Waals surface area contributed by atoms with Gasteiger partial charge in [-0.15, -0.1) is 0 Å². The van der Waals surface area contributed by atoms with E-state index in [2.05, 4.69) is 23.1 Å². The zero-order valence-electron chi connectivity index (χ0n) is 14.3. The highest BCUT2D eigenvalue weighted by molar-refractivity contribution is 5.13. The third-order valence-corrected chi connectivity index (χ3v) is 4.53. The first-order chi connectivity index (χ1) is 11.7. The minimum Gasteiger partial charge on any atom is -0.389 e. The molecule has 2 unspecified atom stereocenters. The number of hydrogen-bond acceptors (Lipinski definition) is 4. The van der Waals surface area contributed by atoms with Gasteiger partial charge in [-0.25, -0.2) is 0 Å². The largest absolute Gasteiger partial charge is 0.389 e. The normalized spacial score (nSPS) is 19.7. The van der Waals surface area contributed by atoms with E-state index in [1.54, 1.807) is 0 Å². The van der Waals surface area contributed by atoms with Gasteiger partial charge >= 0.3 is 0 Å². The van der Waals surface area contributed by atoms with Crippen LogP contribution in [-0.4, -0.2) is 51.6 Å². The van der Waals surface area contributed by atoms with Gasteiger partial charge in [-0.2, -0.15) is 5.10 Å². The van der Waals surface area contributed by atoms with E-state index >= 15 is 0 Å². The van der Waals surface area contributed by atoms with Crippen molar-refractivity contribution in [3.8, 4) is 0 Å². The van der Waals surface area contributed by atoms with Crippen molar-refractivity contribution < 1.29 is 9.84 Å². The average Bonchev–Trinajstić information content (AvgIpc) is 3.18. The number of β-amino-alcohol motifs (C(OH)–C–C–N with tert-alkyl or cyclic N) is 1. The quantitative estimate of drug-likeness (QED) is 0.807. The fraction of sp³-hybridized carbons (Fsp3) is 0.526. The predicted molar refractivity (Wildman–Crippen MR) is 93.7 cm³/mol. The van der Waals surface area contributed by atoms with Crippen molar-refractivity contribution in [1.29, 1.82) is 0 Å². The van der Waals surface area contributed by atoms with Crippen molar-refractivity contribution in [3.05, 3.63) is 53.9 Å². The molecule has 2 atom stereocenters. The molecule has 0 aliphatic carbocycles. The lowest BCUT2D eigenvalue weighted by molar-refractivity contribution is 0.00666. The van der Waals surface area contributed by atoms with Gasteiger partial charge in [0, 0.05) is 18.8 Å². The Morgan fingerprint density at radius 3 is 2.92 bits per heavy atom. The maximum absolute atomic E-state index is 10.3. The van der Waals surface area contributed by atoms with Crippen LogP contribution < -0.4 is 0 Å². The molecule has 0 bridgehead atoms. The van der Waals surface area contributed by atoms with Crippen molar-refractivity contribution in [1.82, 2.24) is 14.7 Å². The molecule has 1 aliphatic heterocycles. The van der Waals surface area contributed by atoms with Crippen LogP contribution in [0.15, 0.2) is 42.7 Å². The maximum atomic E-state index is 10.3. The molecule has 2 heterocycles. The van der Waals surface area contributed by atoms with Gasteiger partial charge in [0.05, 0.1) is 32.1 Å². The number of aromatic nitrogens is 2. The van der Waals surface area contributed by atoms with Crippen LogP contribution in [0.25, 0.3) is 0 Å². The van der Waals surface area contributed by atoms with Crippen molar-refractivity contribution in [2.75, 3.05) is 19.7 Å². The van der Waals surface area contributed by atoms with Crippen molar-refractivity contribution in [2.24, 2.45) is 0 Å². The zero-order chi connectivity index (χ0) is 16.8. The molecule has 1 aromatic carbocycles. The van der Waals surface area contributed by atoms with Crippen LogP contribution in [0.1, 0.15) is 24.0 Å². The Bertz CT molecular complexity index is 614. The summed E-state index contributed by atoms with van der Waals surface area (Å²) >= 11 is 0. The Labute approximate surface area is 143 Å². The van der Waals surface area contributed by atoms with Crippen LogP contribution in [0.3, 0.4) is 0 Å². The molecule has 1 N–H and O–H groups in total. The molecule has 0 radical (unpaired) electrons. The number of aliphatic hydroxyl groups is 1. The molecular formula is C19H27N3O2. The fourth-order valence-electron chi connectivity index (χ4n) is 3.34. The second-order valence-electron chi connectivity index (χ2n) is 6.69. The molecule has 3 rings (SSSR count). The highest BCUT2D eigenvalue weighted by Gasteiger charge is 2.26. The molecule has 1 fully saturated rings. The minimum absolute atomic E-state index is 0.374. The molecule has 0 spiro atoms. The van der Waals surface area contributed by atoms with E-state index in [1.807, 2.05) is 41.2 Å². The average molecular weight is 329 g/mol. The van der Waals surface area contributed by atoms with Crippen molar-refractivity contribution in [2.45, 2.75) is 45.1 Å². The fourth-order valence-corrected chi connectivity index (χ4v) is 3.34. The van der Waals surface area contributed by atoms with Gasteiger partial charge in [0.15, 0.2) is 0 Å². The summed E-state index contributed by atoms with van der Waals surface area (Å²) in [6.07, 6.45) is 5.87. The third-order valence-electron chi connectivity index (χ3n) is 4.53. The van der Waals surface area contributed by atoms with Crippen LogP contribution in [0, 0.1) is 6.92 Å². The van der Waals surface area contributed by atoms with Crippen molar-refractivity contribution >= 4 is 0 Å². The Balaban J connectivity index is 1.42. The summed E-state index contributed by atoms with van der Waals surface area (Å²) in [6.45, 7) is 5.59. The lowest BCUT2D eigenvalue weighted by Crippen LogP contribution is -2.40. The van der Waals surface area contributed by atoms with Crippen LogP contribution in [-0.2, 0) is 17.9 Å². The molecule has 1 saturated heterocycles. The van der Waals surface area contributed by atoms with Gasteiger partial charge in [-0.3, -0.25) is 9.58 Å². The number of hydrogen-bond donors (Lipinski definition) is 1. The molecule has 130 valence electrons. The van der Waals surface area contributed by atoms with E-state index in [1.165, 1.54) is 12.0 Å². The Morgan fingerprint density at radius 1 is 1.33 bits per heavy atom. The van der Waals surface area contributed by atoms with Crippen molar-refractivity contribution in [3.63, 3.8) is 0 Å². The van der Waals surface area contributed by atoms with E-state index in [4.69, 9.17) is 4.74 Å². The second-order valence-corrected chi connectivity index (χ2v) is 6.69. The second kappa shape index (κ2) is 8.42. The van der Waals surface area contributed by atoms with Gasteiger partial charge in [0.25, 0.3) is 0 Å². The lowest BCUT2D eigenvalue weighted by Gasteiger charge is -2.26. The van der Waals surface area contributed by atoms with E-state index in [-0.39, 0.29) is 0 Å². The van der Waals surface area contributed by atoms with Gasteiger partial charge in [-0.05, 0) is 37.4 Å². The van der Waals surface area contributed by atoms with Crippen LogP contribution >= 0.6 is 0 Å². The maximum Gasteiger partial charge on any atom is 0.0900 e. The molecular weight excluding hydrogens is 302 g/mol. The Morgan fingerprint density at radius 2 is 2.17 bits per heavy atom. The molecule has 2 aromatic rings. The predicted octanol–water partition coefficient (Wildman–Crippen LogP) is 2.23. The summed E-state index contributed by atoms with van der Waals surface area (Å²) in [6, 6.07) is 10.5. The van der Waals surface area contributed by atoms with Crippen LogP contribution in [0.4, 0.5) is 0 Å². The Kier molecular flexibility index (Phi) is 6.01. The summed E-state index contributed by atoms with van der Waals surface area (Å²) in [5, 5.41) is 14.7. The topological polar surface area (TPSA) is 50.5 Å². The number of likely N-dealkylation sites (tertiary alicyclic amines) is 1. The molecule has 0 saturated carbocycles. The van der Waals surface area contributed by atoms with Crippen LogP contribution in [0.2, 0.25) is 0 Å². The Hall–Kier alpha value is -1.69. The SMILES string of the molecule is Cc1cnn(CC2CCCN2CC(O)COCc2ccccc2)c1. The standard InChI is InChI=1S/C19H27N3O2/c1-16-10-20-22(11-16)12-18-8-5-9-21(18)13-19(23)15-24-14-17-6-3-2-4-7-17/h2-4,6-7,10-11,18-19,23H,5,8-9,12-15H2,1H3. The van der Waals surface area contributed by atoms with E-state index in [0.717, 1.165) is 25.1 Å². The highest BCUT2D eigenvalue weighted by Crippen LogP contribution is 2.19. The molecule has 0 amide bonds. The number of benzene rings is 1. The third kappa shape index (κ3) is 4.90. The highest BCUT2D eigenvalue weighted by atomic mass is 16.5. The van der Waals surface area contributed by atoms with Gasteiger partial charge in [-0.1, -0.05) is 30.3 Å². The van der Waals surface area contributed by atoms with Gasteiger partial charge < -0.3 is 9.84 Å². The monoisotopic (exact) mass is 329 g/mol. The number of aliphatic hydroxyl groups excluding tert-OH is 1. The first-order valence-corrected chi connectivity index (χ1v) is 8.73. The summed E-state index contributed by atoms with van der Waals surface area (Å²) < 4.78 is 7.66. The smallest absolute Gasteiger partial charge is 0.0900 e. The molecule has 24 heavy (non-hydrogen) atoms. The molecule has 5 nitrogen and oxygen atoms in total. The number of aryl methyl sites for hydroxylation is 1. The molecule has 1 aromatic heterocycles. The summed E-state index contributed by atoms with van der Waals surface area (Å²) in [7, 11) is 0. The summed E-state index contributed by atoms with van der Waals surface area (Å²) in [5.74, 6) is 0. The zero-order valence-corrected chi connectivity index (χ0v) is 14.3. The summed E-state index contributed by atoms with van der Waals surface area (Å²) in [5.41, 5.74) is 2.33. The minimum atomic E-state index is -0.450. The first kappa shape index (κ1) is 17.1. The van der Waals surface area contributed by atoms with E-state index < -0.39 is 6.10 Å². The number of nitrogens with zero attached hydrogens (tertiary/aromatic N) is 3. The van der Waals surface area contributed by atoms with E-state index in [0.29, 0.717) is 25.8 Å². The summed E-state index contributed by atoms with van der Waals surface area (Å²) in [4.78, 5) is 2.37. The first-order valence-electron chi connectivity index (χ1n) is 8.73. The lowest BCUT2D eigenvalue weighted by atomic mass is 10.2. The van der Waals surface area contributed by atoms with Gasteiger partial charge in [0.1, 0.15) is 0 Å². The van der Waals surface area contributed by atoms with E-state index in [9.17, 15) is 5.11 Å². The van der Waals surface area contributed by atoms with Crippen LogP contribution in [0.5, 0.6) is 0 Å². The molecule has 5 heteroatoms.